The van der Waals surface area contributed by atoms with Crippen molar-refractivity contribution in [3.8, 4) is 46.3 Å². The molecule has 4 atom stereocenters. The van der Waals surface area contributed by atoms with Crippen LogP contribution in [0.2, 0.25) is 0 Å². The highest BCUT2D eigenvalue weighted by atomic mass is 16.5. The Morgan fingerprint density at radius 1 is 0.556 bits per heavy atom. The van der Waals surface area contributed by atoms with E-state index in [0.717, 1.165) is 22.6 Å². The van der Waals surface area contributed by atoms with Gasteiger partial charge in [-0.1, -0.05) is 36.4 Å². The first kappa shape index (κ1) is 35.9. The van der Waals surface area contributed by atoms with E-state index in [4.69, 9.17) is 39.9 Å². The summed E-state index contributed by atoms with van der Waals surface area (Å²) in [5.74, 6) is 4.75. The molecule has 276 valence electrons. The zero-order chi connectivity index (χ0) is 37.6. The van der Waals surface area contributed by atoms with Gasteiger partial charge in [-0.15, -0.1) is 0 Å². The molecule has 6 N–H and O–H groups in total. The molecule has 4 unspecified atom stereocenters. The van der Waals surface area contributed by atoms with Crippen LogP contribution in [0.1, 0.15) is 59.5 Å². The van der Waals surface area contributed by atoms with Crippen molar-refractivity contribution in [2.45, 2.75) is 37.3 Å². The van der Waals surface area contributed by atoms with Crippen LogP contribution in [0.4, 0.5) is 11.4 Å². The summed E-state index contributed by atoms with van der Waals surface area (Å²) in [6.07, 6.45) is 2.00. The van der Waals surface area contributed by atoms with Crippen LogP contribution < -0.4 is 39.9 Å². The van der Waals surface area contributed by atoms with Crippen LogP contribution in [0.5, 0.6) is 46.3 Å². The minimum atomic E-state index is -0.674. The number of methoxy groups -OCH3 is 2. The number of hydrogen-bond donors (Lipinski definition) is 4. The molecule has 54 heavy (non-hydrogen) atoms. The van der Waals surface area contributed by atoms with Crippen LogP contribution in [-0.2, 0) is 0 Å². The molecule has 12 heteroatoms. The number of pyridine rings is 2. The maximum Gasteiger partial charge on any atom is 0.219 e. The molecule has 0 amide bonds. The Balaban J connectivity index is 0.000000167. The molecule has 0 radical (unpaired) electrons. The van der Waals surface area contributed by atoms with Gasteiger partial charge in [-0.05, 0) is 60.7 Å². The van der Waals surface area contributed by atoms with Crippen molar-refractivity contribution in [3.05, 3.63) is 144 Å². The van der Waals surface area contributed by atoms with Crippen LogP contribution in [-0.4, -0.2) is 34.4 Å². The normalized spacial score (nSPS) is 18.3. The lowest BCUT2D eigenvalue weighted by Gasteiger charge is -2.30. The van der Waals surface area contributed by atoms with Gasteiger partial charge < -0.3 is 50.1 Å². The number of aliphatic hydroxyl groups excluding tert-OH is 2. The lowest BCUT2D eigenvalue weighted by atomic mass is 9.94. The number of hydrogen-bond acceptors (Lipinski definition) is 12. The molecule has 2 aliphatic rings. The summed E-state index contributed by atoms with van der Waals surface area (Å²) in [7, 11) is 3.25. The molecule has 0 fully saturated rings. The monoisotopic (exact) mass is 728 g/mol. The first-order valence-electron chi connectivity index (χ1n) is 17.3. The van der Waals surface area contributed by atoms with Gasteiger partial charge in [0.25, 0.3) is 0 Å². The van der Waals surface area contributed by atoms with Gasteiger partial charge in [0.05, 0.1) is 50.2 Å². The third-order valence-electron chi connectivity index (χ3n) is 9.03. The van der Waals surface area contributed by atoms with Crippen LogP contribution in [0.3, 0.4) is 0 Å². The summed E-state index contributed by atoms with van der Waals surface area (Å²) in [6.45, 7) is 0. The zero-order valence-corrected chi connectivity index (χ0v) is 29.7. The molecule has 0 saturated heterocycles. The lowest BCUT2D eigenvalue weighted by molar-refractivity contribution is 0.0639. The summed E-state index contributed by atoms with van der Waals surface area (Å²) < 4.78 is 34.6. The summed E-state index contributed by atoms with van der Waals surface area (Å²) >= 11 is 0. The van der Waals surface area contributed by atoms with Crippen molar-refractivity contribution < 1.29 is 38.6 Å². The van der Waals surface area contributed by atoms with E-state index in [1.54, 1.807) is 74.9 Å². The SMILES string of the molecule is COc1ccccc1C1CC(O)c2cc(Oc3ccc(N)cn3)ccc2O1.COc1ccccc1C1CC(O)c2cc(Oc3ccc(N)cn3)ccc2O1. The van der Waals surface area contributed by atoms with E-state index in [2.05, 4.69) is 9.97 Å². The van der Waals surface area contributed by atoms with Gasteiger partial charge in [-0.2, -0.15) is 0 Å². The summed E-state index contributed by atoms with van der Waals surface area (Å²) in [5, 5.41) is 21.4. The second-order valence-electron chi connectivity index (χ2n) is 12.7. The molecule has 0 spiro atoms. The average Bonchev–Trinajstić information content (AvgIpc) is 3.20. The topological polar surface area (TPSA) is 174 Å². The molecule has 8 rings (SSSR count). The number of benzene rings is 4. The number of nitrogens with zero attached hydrogens (tertiary/aromatic N) is 2. The van der Waals surface area contributed by atoms with E-state index < -0.39 is 12.2 Å². The van der Waals surface area contributed by atoms with Gasteiger partial charge in [0.1, 0.15) is 46.7 Å². The second-order valence-corrected chi connectivity index (χ2v) is 12.7. The molecule has 2 aliphatic heterocycles. The third-order valence-corrected chi connectivity index (χ3v) is 9.03. The van der Waals surface area contributed by atoms with Gasteiger partial charge in [0, 0.05) is 47.2 Å². The molecule has 12 nitrogen and oxygen atoms in total. The number of anilines is 2. The van der Waals surface area contributed by atoms with Crippen LogP contribution in [0.15, 0.2) is 122 Å². The molecular formula is C42H40N4O8. The van der Waals surface area contributed by atoms with Gasteiger partial charge in [0.15, 0.2) is 0 Å². The number of nitrogen functional groups attached to an aromatic ring is 2. The number of aromatic nitrogens is 2. The number of ether oxygens (including phenoxy) is 6. The Hall–Kier alpha value is -6.50. The van der Waals surface area contributed by atoms with Crippen molar-refractivity contribution in [2.24, 2.45) is 0 Å². The van der Waals surface area contributed by atoms with Crippen LogP contribution >= 0.6 is 0 Å². The number of rotatable bonds is 8. The van der Waals surface area contributed by atoms with E-state index in [0.29, 0.717) is 70.1 Å². The largest absolute Gasteiger partial charge is 0.496 e. The number of fused-ring (bicyclic) bond motifs is 2. The third kappa shape index (κ3) is 8.10. The smallest absolute Gasteiger partial charge is 0.219 e. The number of nitrogens with two attached hydrogens (primary N) is 2. The van der Waals surface area contributed by atoms with E-state index in [1.165, 1.54) is 12.4 Å². The van der Waals surface area contributed by atoms with Crippen molar-refractivity contribution in [3.63, 3.8) is 0 Å². The van der Waals surface area contributed by atoms with E-state index in [9.17, 15) is 10.2 Å². The maximum absolute atomic E-state index is 10.7. The summed E-state index contributed by atoms with van der Waals surface area (Å²) in [4.78, 5) is 8.24. The van der Waals surface area contributed by atoms with E-state index in [1.807, 2.05) is 48.5 Å². The van der Waals surface area contributed by atoms with Crippen molar-refractivity contribution in [1.82, 2.24) is 9.97 Å². The first-order valence-corrected chi connectivity index (χ1v) is 17.3. The maximum atomic E-state index is 10.7. The predicted molar refractivity (Wildman–Crippen MR) is 202 cm³/mol. The Kier molecular flexibility index (Phi) is 10.7. The fourth-order valence-corrected chi connectivity index (χ4v) is 6.37. The summed E-state index contributed by atoms with van der Waals surface area (Å²) in [6, 6.07) is 32.9. The first-order chi connectivity index (χ1) is 26.3. The van der Waals surface area contributed by atoms with Gasteiger partial charge in [0.2, 0.25) is 11.8 Å². The fourth-order valence-electron chi connectivity index (χ4n) is 6.37. The van der Waals surface area contributed by atoms with Crippen molar-refractivity contribution in [2.75, 3.05) is 25.7 Å². The molecular weight excluding hydrogens is 688 g/mol. The molecule has 4 heterocycles. The average molecular weight is 729 g/mol. The molecule has 0 saturated carbocycles. The Labute approximate surface area is 312 Å². The quantitative estimate of drug-likeness (QED) is 0.119. The Morgan fingerprint density at radius 2 is 0.981 bits per heavy atom. The fraction of sp³-hybridized carbons (Fsp3) is 0.190. The van der Waals surface area contributed by atoms with Gasteiger partial charge >= 0.3 is 0 Å². The van der Waals surface area contributed by atoms with Crippen LogP contribution in [0, 0.1) is 0 Å². The molecule has 4 aromatic carbocycles. The highest BCUT2D eigenvalue weighted by molar-refractivity contribution is 5.48. The second kappa shape index (κ2) is 16.0. The lowest BCUT2D eigenvalue weighted by Crippen LogP contribution is -2.19. The van der Waals surface area contributed by atoms with Crippen molar-refractivity contribution >= 4 is 11.4 Å². The molecule has 0 bridgehead atoms. The van der Waals surface area contributed by atoms with Gasteiger partial charge in [-0.3, -0.25) is 0 Å². The number of para-hydroxylation sites is 2. The molecule has 6 aromatic rings. The minimum absolute atomic E-state index is 0.283. The highest BCUT2D eigenvalue weighted by Gasteiger charge is 2.31. The predicted octanol–water partition coefficient (Wildman–Crippen LogP) is 8.04. The molecule has 0 aliphatic carbocycles. The molecule has 2 aromatic heterocycles. The minimum Gasteiger partial charge on any atom is -0.496 e. The Bertz CT molecular complexity index is 2040. The van der Waals surface area contributed by atoms with Crippen molar-refractivity contribution in [1.29, 1.82) is 0 Å². The van der Waals surface area contributed by atoms with Crippen LogP contribution in [0.25, 0.3) is 0 Å². The standard InChI is InChI=1S/2C21H20N2O4/c2*1-25-18-5-3-2-4-15(18)20-11-17(24)16-10-14(7-8-19(16)27-20)26-21-9-6-13(22)12-23-21/h2*2-10,12,17,20,24H,11,22H2,1H3. The van der Waals surface area contributed by atoms with E-state index in [-0.39, 0.29) is 12.2 Å². The zero-order valence-electron chi connectivity index (χ0n) is 29.7. The Morgan fingerprint density at radius 3 is 1.37 bits per heavy atom. The summed E-state index contributed by atoms with van der Waals surface area (Å²) in [5.41, 5.74) is 15.6. The number of aliphatic hydroxyl groups is 2. The van der Waals surface area contributed by atoms with Gasteiger partial charge in [-0.25, -0.2) is 9.97 Å². The van der Waals surface area contributed by atoms with E-state index >= 15 is 0 Å². The highest BCUT2D eigenvalue weighted by Crippen LogP contribution is 2.46.